The summed E-state index contributed by atoms with van der Waals surface area (Å²) in [5.74, 6) is -1.55. The normalized spacial score (nSPS) is 23.2. The molecule has 2 aromatic carbocycles. The number of ether oxygens (including phenoxy) is 3. The molecule has 1 aliphatic heterocycles. The van der Waals surface area contributed by atoms with E-state index in [4.69, 9.17) is 31.5 Å². The molecule has 5 rings (SSSR count). The molecule has 4 unspecified atom stereocenters. The van der Waals surface area contributed by atoms with Crippen LogP contribution in [-0.4, -0.2) is 55.9 Å². The maximum atomic E-state index is 16.1. The minimum atomic E-state index is -1.90. The summed E-state index contributed by atoms with van der Waals surface area (Å²) in [6.45, 7) is 0.953. The molecule has 2 aromatic heterocycles. The molecule has 0 spiro atoms. The van der Waals surface area contributed by atoms with Crippen molar-refractivity contribution in [3.8, 4) is 0 Å². The lowest BCUT2D eigenvalue weighted by molar-refractivity contribution is -0.0998. The number of imidazole rings is 1. The number of fused-ring (bicyclic) bond motifs is 1. The van der Waals surface area contributed by atoms with E-state index in [1.54, 1.807) is 60.7 Å². The van der Waals surface area contributed by atoms with Gasteiger partial charge in [-0.25, -0.2) is 19.0 Å². The molecule has 12 heteroatoms. The van der Waals surface area contributed by atoms with Crippen molar-refractivity contribution in [3.05, 3.63) is 83.3 Å². The highest BCUT2D eigenvalue weighted by Gasteiger charge is 2.59. The number of alkyl halides is 1. The standard InChI is InChI=1S/C25H21ClFN5O5/c1-25(37-22(34)15-10-6-3-7-11-15)18(27)16(12-35-21(33)14-8-4-2-5-9-14)36-23(25)32-13-29-17-19(26)30-24(28)31-20(17)32/h2-11,13,16,18,23H,12H2,1H3,(H2,28,30,31). The van der Waals surface area contributed by atoms with Crippen molar-refractivity contribution < 1.29 is 28.2 Å². The number of nitrogen functional groups attached to an aromatic ring is 1. The van der Waals surface area contributed by atoms with Gasteiger partial charge in [-0.2, -0.15) is 9.97 Å². The quantitative estimate of drug-likeness (QED) is 0.295. The van der Waals surface area contributed by atoms with E-state index in [0.717, 1.165) is 0 Å². The third-order valence-corrected chi connectivity index (χ3v) is 6.29. The van der Waals surface area contributed by atoms with Gasteiger partial charge in [0, 0.05) is 0 Å². The topological polar surface area (TPSA) is 131 Å². The Balaban J connectivity index is 1.48. The molecule has 10 nitrogen and oxygen atoms in total. The van der Waals surface area contributed by atoms with E-state index < -0.39 is 42.7 Å². The van der Waals surface area contributed by atoms with Gasteiger partial charge in [0.25, 0.3) is 0 Å². The number of hydrogen-bond donors (Lipinski definition) is 1. The van der Waals surface area contributed by atoms with E-state index in [1.165, 1.54) is 17.8 Å². The number of rotatable bonds is 6. The van der Waals surface area contributed by atoms with E-state index in [2.05, 4.69) is 15.0 Å². The fourth-order valence-corrected chi connectivity index (χ4v) is 4.38. The van der Waals surface area contributed by atoms with Crippen LogP contribution in [0.4, 0.5) is 10.3 Å². The van der Waals surface area contributed by atoms with Gasteiger partial charge in [0.15, 0.2) is 28.8 Å². The number of carbonyl (C=O) groups is 2. The van der Waals surface area contributed by atoms with Crippen LogP contribution in [0.5, 0.6) is 0 Å². The van der Waals surface area contributed by atoms with Gasteiger partial charge in [0.05, 0.1) is 17.5 Å². The first kappa shape index (κ1) is 24.6. The fraction of sp³-hybridized carbons (Fsp3) is 0.240. The van der Waals surface area contributed by atoms with Gasteiger partial charge >= 0.3 is 11.9 Å². The summed E-state index contributed by atoms with van der Waals surface area (Å²) in [7, 11) is 0. The molecule has 1 saturated heterocycles. The summed E-state index contributed by atoms with van der Waals surface area (Å²) >= 11 is 6.15. The van der Waals surface area contributed by atoms with Crippen LogP contribution >= 0.6 is 11.6 Å². The molecule has 4 aromatic rings. The molecule has 3 heterocycles. The molecule has 0 bridgehead atoms. The van der Waals surface area contributed by atoms with Gasteiger partial charge in [-0.15, -0.1) is 0 Å². The van der Waals surface area contributed by atoms with Gasteiger partial charge in [-0.3, -0.25) is 4.57 Å². The first-order valence-electron chi connectivity index (χ1n) is 11.2. The SMILES string of the molecule is CC1(OC(=O)c2ccccc2)C(F)C(COC(=O)c2ccccc2)OC1n1cnc2c(Cl)nc(N)nc21. The lowest BCUT2D eigenvalue weighted by Crippen LogP contribution is -2.46. The van der Waals surface area contributed by atoms with Crippen molar-refractivity contribution in [3.63, 3.8) is 0 Å². The molecule has 4 atom stereocenters. The predicted molar refractivity (Wildman–Crippen MR) is 131 cm³/mol. The maximum Gasteiger partial charge on any atom is 0.338 e. The number of nitrogens with two attached hydrogens (primary N) is 1. The van der Waals surface area contributed by atoms with Crippen molar-refractivity contribution in [2.24, 2.45) is 0 Å². The zero-order valence-electron chi connectivity index (χ0n) is 19.5. The molecule has 37 heavy (non-hydrogen) atoms. The smallest absolute Gasteiger partial charge is 0.338 e. The lowest BCUT2D eigenvalue weighted by Gasteiger charge is -2.31. The molecule has 0 amide bonds. The number of halogens is 2. The van der Waals surface area contributed by atoms with E-state index >= 15 is 4.39 Å². The van der Waals surface area contributed by atoms with Crippen molar-refractivity contribution in [1.82, 2.24) is 19.5 Å². The van der Waals surface area contributed by atoms with Crippen LogP contribution in [0.25, 0.3) is 11.2 Å². The maximum absolute atomic E-state index is 16.1. The van der Waals surface area contributed by atoms with Crippen LogP contribution in [0.3, 0.4) is 0 Å². The zero-order chi connectivity index (χ0) is 26.2. The van der Waals surface area contributed by atoms with Crippen LogP contribution in [0.1, 0.15) is 33.9 Å². The molecule has 190 valence electrons. The van der Waals surface area contributed by atoms with E-state index in [9.17, 15) is 9.59 Å². The van der Waals surface area contributed by atoms with Crippen LogP contribution in [0.2, 0.25) is 5.15 Å². The first-order chi connectivity index (χ1) is 17.8. The fourth-order valence-electron chi connectivity index (χ4n) is 4.16. The van der Waals surface area contributed by atoms with Crippen LogP contribution in [-0.2, 0) is 14.2 Å². The molecular formula is C25H21ClFN5O5. The Bertz CT molecular complexity index is 1450. The Kier molecular flexibility index (Phi) is 6.48. The Morgan fingerprint density at radius 2 is 1.70 bits per heavy atom. The minimum absolute atomic E-state index is 0.00706. The predicted octanol–water partition coefficient (Wildman–Crippen LogP) is 3.77. The number of carbonyl (C=O) groups excluding carboxylic acids is 2. The van der Waals surface area contributed by atoms with Gasteiger partial charge in [0.1, 0.15) is 18.2 Å². The number of benzene rings is 2. The summed E-state index contributed by atoms with van der Waals surface area (Å²) in [5.41, 5.74) is 4.75. The highest BCUT2D eigenvalue weighted by Crippen LogP contribution is 2.44. The summed E-state index contributed by atoms with van der Waals surface area (Å²) in [4.78, 5) is 37.6. The summed E-state index contributed by atoms with van der Waals surface area (Å²) in [6, 6.07) is 16.4. The first-order valence-corrected chi connectivity index (χ1v) is 11.6. The van der Waals surface area contributed by atoms with Crippen molar-refractivity contribution in [2.45, 2.75) is 31.0 Å². The number of hydrogen-bond acceptors (Lipinski definition) is 9. The van der Waals surface area contributed by atoms with Gasteiger partial charge in [-0.1, -0.05) is 48.0 Å². The molecular weight excluding hydrogens is 505 g/mol. The average molecular weight is 526 g/mol. The van der Waals surface area contributed by atoms with Crippen LogP contribution in [0.15, 0.2) is 67.0 Å². The minimum Gasteiger partial charge on any atom is -0.459 e. The number of anilines is 1. The summed E-state index contributed by atoms with van der Waals surface area (Å²) in [6.07, 6.45) is -3.13. The van der Waals surface area contributed by atoms with E-state index in [0.29, 0.717) is 5.56 Å². The van der Waals surface area contributed by atoms with Crippen LogP contribution < -0.4 is 5.73 Å². The van der Waals surface area contributed by atoms with Crippen molar-refractivity contribution >= 4 is 40.7 Å². The Morgan fingerprint density at radius 3 is 2.35 bits per heavy atom. The van der Waals surface area contributed by atoms with Gasteiger partial charge in [-0.05, 0) is 31.2 Å². The summed E-state index contributed by atoms with van der Waals surface area (Å²) < 4.78 is 34.5. The van der Waals surface area contributed by atoms with Crippen molar-refractivity contribution in [2.75, 3.05) is 12.3 Å². The second-order valence-electron chi connectivity index (χ2n) is 8.53. The van der Waals surface area contributed by atoms with E-state index in [1.807, 2.05) is 0 Å². The van der Waals surface area contributed by atoms with Gasteiger partial charge < -0.3 is 19.9 Å². The lowest BCUT2D eigenvalue weighted by atomic mass is 9.97. The van der Waals surface area contributed by atoms with Crippen LogP contribution in [0, 0.1) is 0 Å². The molecule has 2 N–H and O–H groups in total. The van der Waals surface area contributed by atoms with Gasteiger partial charge in [0.2, 0.25) is 5.95 Å². The molecule has 1 fully saturated rings. The van der Waals surface area contributed by atoms with Crippen molar-refractivity contribution in [1.29, 1.82) is 0 Å². The second kappa shape index (κ2) is 9.75. The third-order valence-electron chi connectivity index (χ3n) is 6.03. The number of aromatic nitrogens is 4. The van der Waals surface area contributed by atoms with E-state index in [-0.39, 0.29) is 27.8 Å². The largest absolute Gasteiger partial charge is 0.459 e. The Morgan fingerprint density at radius 1 is 1.08 bits per heavy atom. The molecule has 0 saturated carbocycles. The molecule has 0 radical (unpaired) electrons. The summed E-state index contributed by atoms with van der Waals surface area (Å²) in [5, 5.41) is -0.00706. The Labute approximate surface area is 215 Å². The zero-order valence-corrected chi connectivity index (χ0v) is 20.2. The Hall–Kier alpha value is -4.09. The second-order valence-corrected chi connectivity index (χ2v) is 8.89. The number of nitrogens with zero attached hydrogens (tertiary/aromatic N) is 4. The monoisotopic (exact) mass is 525 g/mol. The number of esters is 2. The molecule has 1 aliphatic rings. The highest BCUT2D eigenvalue weighted by molar-refractivity contribution is 6.33. The third kappa shape index (κ3) is 4.58. The average Bonchev–Trinajstić information content (AvgIpc) is 3.42. The highest BCUT2D eigenvalue weighted by atomic mass is 35.5. The molecule has 0 aliphatic carbocycles.